The maximum absolute atomic E-state index is 8.23. The average molecular weight is 653 g/mol. The van der Waals surface area contributed by atoms with Crippen molar-refractivity contribution < 1.29 is 0 Å². The van der Waals surface area contributed by atoms with Crippen LogP contribution in [-0.2, 0) is 25.8 Å². The second-order valence-corrected chi connectivity index (χ2v) is 15.5. The van der Waals surface area contributed by atoms with Crippen LogP contribution in [0.3, 0.4) is 0 Å². The van der Waals surface area contributed by atoms with Gasteiger partial charge in [0.1, 0.15) is 0 Å². The van der Waals surface area contributed by atoms with E-state index in [2.05, 4.69) is 73.0 Å². The van der Waals surface area contributed by atoms with Crippen molar-refractivity contribution in [3.63, 3.8) is 0 Å². The molecule has 1 aliphatic heterocycles. The van der Waals surface area contributed by atoms with Crippen LogP contribution in [0, 0.1) is 34.5 Å². The number of thiophene rings is 2. The standard InChI is InChI=1S/2C20H26N2S/c1-15-13-22-14-18(15)8-3-6-16-5-2-7-17(11-16)12-19(21)20-9-4-10-23-20;1-15-7-8-18(10-15)14-22-13-17-5-2-4-16(11-17)12-19(21)20-6-3-9-23-20/h2,4-5,7,9-11,15,18,21-22H,3,6,8,12-14H2,1H3;2-6,9,11,15,18,21-22H,7-8,10,12-14H2,1H3. The second kappa shape index (κ2) is 17.9. The molecule has 2 fully saturated rings. The van der Waals surface area contributed by atoms with Crippen LogP contribution in [0.15, 0.2) is 83.6 Å². The fourth-order valence-corrected chi connectivity index (χ4v) is 8.33. The molecule has 46 heavy (non-hydrogen) atoms. The summed E-state index contributed by atoms with van der Waals surface area (Å²) >= 11 is 3.30. The van der Waals surface area contributed by atoms with Gasteiger partial charge in [0.2, 0.25) is 0 Å². The largest absolute Gasteiger partial charge is 0.316 e. The van der Waals surface area contributed by atoms with Crippen molar-refractivity contribution in [3.05, 3.63) is 116 Å². The van der Waals surface area contributed by atoms with E-state index in [-0.39, 0.29) is 0 Å². The van der Waals surface area contributed by atoms with Gasteiger partial charge in [0.05, 0.1) is 11.4 Å². The molecule has 1 aliphatic carbocycles. The molecule has 4 unspecified atom stereocenters. The van der Waals surface area contributed by atoms with Crippen molar-refractivity contribution in [3.8, 4) is 0 Å². The van der Waals surface area contributed by atoms with Crippen LogP contribution in [0.1, 0.15) is 78.0 Å². The van der Waals surface area contributed by atoms with Gasteiger partial charge < -0.3 is 21.5 Å². The zero-order valence-corrected chi connectivity index (χ0v) is 29.3. The monoisotopic (exact) mass is 652 g/mol. The Labute approximate surface area is 285 Å². The molecular formula is C40H52N4S2. The Morgan fingerprint density at radius 2 is 1.41 bits per heavy atom. The zero-order valence-electron chi connectivity index (χ0n) is 27.7. The number of hydrogen-bond donors (Lipinski definition) is 4. The highest BCUT2D eigenvalue weighted by molar-refractivity contribution is 7.12. The molecule has 6 rings (SSSR count). The molecule has 4 atom stereocenters. The van der Waals surface area contributed by atoms with Gasteiger partial charge in [-0.15, -0.1) is 22.7 Å². The summed E-state index contributed by atoms with van der Waals surface area (Å²) in [6.45, 7) is 9.18. The van der Waals surface area contributed by atoms with Crippen LogP contribution in [0.4, 0.5) is 0 Å². The lowest BCUT2D eigenvalue weighted by Crippen LogP contribution is -2.21. The van der Waals surface area contributed by atoms with Gasteiger partial charge in [-0.3, -0.25) is 0 Å². The number of benzene rings is 2. The molecule has 2 aromatic carbocycles. The van der Waals surface area contributed by atoms with Gasteiger partial charge in [-0.2, -0.15) is 0 Å². The summed E-state index contributed by atoms with van der Waals surface area (Å²) in [5.41, 5.74) is 6.68. The molecule has 2 aromatic heterocycles. The van der Waals surface area contributed by atoms with Gasteiger partial charge in [-0.1, -0.05) is 80.9 Å². The van der Waals surface area contributed by atoms with Crippen molar-refractivity contribution >= 4 is 34.1 Å². The highest BCUT2D eigenvalue weighted by atomic mass is 32.1. The SMILES string of the molecule is CC1CCC(CNCc2cccc(CC(=N)c3cccs3)c2)C1.CC1CNCC1CCCc1cccc(CC(=N)c2cccs2)c1. The molecule has 0 amide bonds. The van der Waals surface area contributed by atoms with Crippen molar-refractivity contribution in [2.45, 2.75) is 71.8 Å². The van der Waals surface area contributed by atoms with Crippen LogP contribution < -0.4 is 10.6 Å². The first-order valence-corrected chi connectivity index (χ1v) is 19.0. The number of hydrogen-bond acceptors (Lipinski definition) is 6. The van der Waals surface area contributed by atoms with E-state index in [1.54, 1.807) is 22.7 Å². The molecule has 0 radical (unpaired) electrons. The van der Waals surface area contributed by atoms with E-state index in [1.807, 2.05) is 35.0 Å². The lowest BCUT2D eigenvalue weighted by atomic mass is 9.91. The first kappa shape index (κ1) is 34.4. The second-order valence-electron chi connectivity index (χ2n) is 13.6. The summed E-state index contributed by atoms with van der Waals surface area (Å²) in [6, 6.07) is 25.6. The minimum absolute atomic E-state index is 0.713. The van der Waals surface area contributed by atoms with Gasteiger partial charge in [0.15, 0.2) is 0 Å². The number of rotatable bonds is 14. The highest BCUT2D eigenvalue weighted by Crippen LogP contribution is 2.29. The fourth-order valence-electron chi connectivity index (χ4n) is 6.98. The highest BCUT2D eigenvalue weighted by Gasteiger charge is 2.22. The lowest BCUT2D eigenvalue weighted by molar-refractivity contribution is 0.411. The number of nitrogens with one attached hydrogen (secondary N) is 4. The van der Waals surface area contributed by atoms with Crippen molar-refractivity contribution in [2.24, 2.45) is 23.7 Å². The molecule has 3 heterocycles. The number of aryl methyl sites for hydroxylation is 1. The van der Waals surface area contributed by atoms with Crippen LogP contribution in [0.25, 0.3) is 0 Å². The molecule has 1 saturated carbocycles. The Hall–Kier alpha value is -2.90. The summed E-state index contributed by atoms with van der Waals surface area (Å²) in [4.78, 5) is 2.15. The summed E-state index contributed by atoms with van der Waals surface area (Å²) < 4.78 is 0. The quantitative estimate of drug-likeness (QED) is 0.103. The van der Waals surface area contributed by atoms with Crippen LogP contribution in [0.2, 0.25) is 0 Å². The first-order chi connectivity index (χ1) is 22.4. The molecule has 4 nitrogen and oxygen atoms in total. The van der Waals surface area contributed by atoms with Crippen LogP contribution in [-0.4, -0.2) is 31.1 Å². The van der Waals surface area contributed by atoms with Gasteiger partial charge in [-0.05, 0) is 121 Å². The molecule has 0 spiro atoms. The molecule has 0 bridgehead atoms. The molecule has 4 aromatic rings. The molecule has 2 aliphatic rings. The predicted octanol–water partition coefficient (Wildman–Crippen LogP) is 9.42. The molecule has 4 N–H and O–H groups in total. The van der Waals surface area contributed by atoms with Gasteiger partial charge in [0.25, 0.3) is 0 Å². The Morgan fingerprint density at radius 1 is 0.783 bits per heavy atom. The molecule has 6 heteroatoms. The van der Waals surface area contributed by atoms with E-state index in [4.69, 9.17) is 10.8 Å². The Balaban J connectivity index is 0.000000181. The van der Waals surface area contributed by atoms with Crippen molar-refractivity contribution in [1.82, 2.24) is 10.6 Å². The Bertz CT molecular complexity index is 1490. The van der Waals surface area contributed by atoms with E-state index in [9.17, 15) is 0 Å². The van der Waals surface area contributed by atoms with E-state index in [1.165, 1.54) is 67.4 Å². The Morgan fingerprint density at radius 3 is 1.98 bits per heavy atom. The zero-order chi connectivity index (χ0) is 32.1. The maximum atomic E-state index is 8.23. The Kier molecular flexibility index (Phi) is 13.4. The van der Waals surface area contributed by atoms with E-state index in [0.29, 0.717) is 12.1 Å². The molecule has 244 valence electrons. The smallest absolute Gasteiger partial charge is 0.0529 e. The van der Waals surface area contributed by atoms with Crippen LogP contribution >= 0.6 is 22.7 Å². The summed E-state index contributed by atoms with van der Waals surface area (Å²) in [5.74, 6) is 3.45. The average Bonchev–Trinajstić information content (AvgIpc) is 3.88. The van der Waals surface area contributed by atoms with E-state index >= 15 is 0 Å². The van der Waals surface area contributed by atoms with Gasteiger partial charge in [0, 0.05) is 29.1 Å². The molecule has 1 saturated heterocycles. The van der Waals surface area contributed by atoms with E-state index < -0.39 is 0 Å². The third kappa shape index (κ3) is 10.8. The first-order valence-electron chi connectivity index (χ1n) is 17.2. The van der Waals surface area contributed by atoms with Crippen molar-refractivity contribution in [2.75, 3.05) is 19.6 Å². The predicted molar refractivity (Wildman–Crippen MR) is 199 cm³/mol. The summed E-state index contributed by atoms with van der Waals surface area (Å²) in [6.07, 6.45) is 9.35. The van der Waals surface area contributed by atoms with Gasteiger partial charge in [-0.25, -0.2) is 0 Å². The maximum Gasteiger partial charge on any atom is 0.0529 e. The topological polar surface area (TPSA) is 71.8 Å². The normalized spacial score (nSPS) is 20.7. The van der Waals surface area contributed by atoms with Crippen LogP contribution in [0.5, 0.6) is 0 Å². The summed E-state index contributed by atoms with van der Waals surface area (Å²) in [5, 5.41) is 27.6. The minimum atomic E-state index is 0.713. The van der Waals surface area contributed by atoms with Crippen molar-refractivity contribution in [1.29, 1.82) is 10.8 Å². The third-order valence-corrected chi connectivity index (χ3v) is 11.5. The van der Waals surface area contributed by atoms with E-state index in [0.717, 1.165) is 65.1 Å². The third-order valence-electron chi connectivity index (χ3n) is 9.67. The molecular weight excluding hydrogens is 601 g/mol. The fraction of sp³-hybridized carbons (Fsp3) is 0.450. The van der Waals surface area contributed by atoms with Gasteiger partial charge >= 0.3 is 0 Å². The summed E-state index contributed by atoms with van der Waals surface area (Å²) in [7, 11) is 0. The lowest BCUT2D eigenvalue weighted by Gasteiger charge is -2.13. The minimum Gasteiger partial charge on any atom is -0.316 e.